The molecule has 0 saturated heterocycles. The predicted molar refractivity (Wildman–Crippen MR) is 71.2 cm³/mol. The zero-order valence-electron chi connectivity index (χ0n) is 10.0. The first kappa shape index (κ1) is 13.5. The Balaban J connectivity index is 2.26. The highest BCUT2D eigenvalue weighted by atomic mass is 32.1. The molecule has 5 nitrogen and oxygen atoms in total. The van der Waals surface area contributed by atoms with Gasteiger partial charge in [-0.15, -0.1) is 0 Å². The van der Waals surface area contributed by atoms with Gasteiger partial charge in [0.05, 0.1) is 12.3 Å². The van der Waals surface area contributed by atoms with Crippen molar-refractivity contribution < 1.29 is 9.15 Å². The first-order valence-corrected chi connectivity index (χ1v) is 5.59. The van der Waals surface area contributed by atoms with E-state index in [1.807, 2.05) is 19.1 Å². The number of thiocarbonyl (C=S) groups is 1. The molecule has 0 unspecified atom stereocenters. The van der Waals surface area contributed by atoms with Gasteiger partial charge in [0.2, 0.25) is 0 Å². The summed E-state index contributed by atoms with van der Waals surface area (Å²) >= 11 is 5.03. The molecule has 0 aliphatic heterocycles. The summed E-state index contributed by atoms with van der Waals surface area (Å²) in [6.07, 6.45) is 0. The number of rotatable bonds is 6. The second-order valence-electron chi connectivity index (χ2n) is 3.39. The van der Waals surface area contributed by atoms with Gasteiger partial charge in [-0.05, 0) is 31.3 Å². The van der Waals surface area contributed by atoms with E-state index in [2.05, 4.69) is 22.7 Å². The average molecular weight is 255 g/mol. The van der Waals surface area contributed by atoms with Crippen molar-refractivity contribution in [2.75, 3.05) is 20.3 Å². The molecule has 0 atom stereocenters. The maximum atomic E-state index is 5.39. The Hall–Kier alpha value is -1.53. The molecule has 0 spiro atoms. The normalized spacial score (nSPS) is 9.76. The van der Waals surface area contributed by atoms with Crippen molar-refractivity contribution >= 4 is 23.0 Å². The van der Waals surface area contributed by atoms with Gasteiger partial charge in [-0.3, -0.25) is 10.9 Å². The quantitative estimate of drug-likeness (QED) is 0.403. The van der Waals surface area contributed by atoms with Crippen LogP contribution < -0.4 is 16.2 Å². The van der Waals surface area contributed by atoms with E-state index in [1.54, 1.807) is 7.11 Å². The molecule has 1 heterocycles. The molecule has 0 aliphatic rings. The van der Waals surface area contributed by atoms with Crippen LogP contribution in [0.2, 0.25) is 0 Å². The third kappa shape index (κ3) is 4.88. The molecule has 17 heavy (non-hydrogen) atoms. The number of aryl methyl sites for hydroxylation is 1. The van der Waals surface area contributed by atoms with Gasteiger partial charge in [0.15, 0.2) is 10.9 Å². The fourth-order valence-electron chi connectivity index (χ4n) is 1.10. The molecule has 0 aliphatic carbocycles. The summed E-state index contributed by atoms with van der Waals surface area (Å²) in [5.74, 6) is 1.51. The van der Waals surface area contributed by atoms with E-state index < -0.39 is 0 Å². The molecular weight excluding hydrogens is 238 g/mol. The summed E-state index contributed by atoms with van der Waals surface area (Å²) < 4.78 is 10.3. The largest absolute Gasteiger partial charge is 0.460 e. The van der Waals surface area contributed by atoms with Crippen molar-refractivity contribution in [1.29, 1.82) is 0 Å². The zero-order valence-corrected chi connectivity index (χ0v) is 10.8. The molecule has 0 fully saturated rings. The van der Waals surface area contributed by atoms with Gasteiger partial charge in [-0.2, -0.15) is 0 Å². The van der Waals surface area contributed by atoms with Crippen LogP contribution in [0, 0.1) is 6.92 Å². The van der Waals surface area contributed by atoms with Gasteiger partial charge in [-0.25, -0.2) is 0 Å². The first-order chi connectivity index (χ1) is 8.13. The smallest absolute Gasteiger partial charge is 0.185 e. The molecule has 0 saturated carbocycles. The average Bonchev–Trinajstić information content (AvgIpc) is 2.73. The number of hydrogen-bond donors (Lipinski definition) is 3. The zero-order chi connectivity index (χ0) is 12.7. The van der Waals surface area contributed by atoms with Crippen LogP contribution in [0.3, 0.4) is 0 Å². The van der Waals surface area contributed by atoms with E-state index in [-0.39, 0.29) is 0 Å². The minimum absolute atomic E-state index is 0.478. The maximum absolute atomic E-state index is 5.39. The highest BCUT2D eigenvalue weighted by Crippen LogP contribution is 2.12. The van der Waals surface area contributed by atoms with Crippen molar-refractivity contribution in [3.8, 4) is 0 Å². The topological polar surface area (TPSA) is 58.5 Å². The lowest BCUT2D eigenvalue weighted by atomic mass is 10.4. The Morgan fingerprint density at radius 1 is 1.47 bits per heavy atom. The van der Waals surface area contributed by atoms with Gasteiger partial charge in [0.1, 0.15) is 5.76 Å². The Morgan fingerprint density at radius 2 is 2.24 bits per heavy atom. The molecule has 0 aromatic carbocycles. The lowest BCUT2D eigenvalue weighted by molar-refractivity contribution is 0.204. The van der Waals surface area contributed by atoms with Crippen LogP contribution in [0.1, 0.15) is 11.5 Å². The van der Waals surface area contributed by atoms with Gasteiger partial charge >= 0.3 is 0 Å². The van der Waals surface area contributed by atoms with E-state index >= 15 is 0 Å². The predicted octanol–water partition coefficient (Wildman–Crippen LogP) is 1.17. The molecular formula is C11H17N3O2S. The van der Waals surface area contributed by atoms with E-state index in [9.17, 15) is 0 Å². The van der Waals surface area contributed by atoms with E-state index in [0.717, 1.165) is 5.76 Å². The minimum Gasteiger partial charge on any atom is -0.460 e. The number of hydrazine groups is 1. The van der Waals surface area contributed by atoms with Crippen LogP contribution in [0.15, 0.2) is 23.1 Å². The van der Waals surface area contributed by atoms with Gasteiger partial charge in [0.25, 0.3) is 0 Å². The van der Waals surface area contributed by atoms with Crippen LogP contribution in [0.5, 0.6) is 0 Å². The lowest BCUT2D eigenvalue weighted by Gasteiger charge is -2.12. The first-order valence-electron chi connectivity index (χ1n) is 5.18. The molecule has 6 heteroatoms. The summed E-state index contributed by atoms with van der Waals surface area (Å²) in [6, 6.07) is 3.71. The maximum Gasteiger partial charge on any atom is 0.185 e. The molecule has 94 valence electrons. The number of nitrogens with one attached hydrogen (secondary N) is 3. The van der Waals surface area contributed by atoms with E-state index in [0.29, 0.717) is 29.7 Å². The van der Waals surface area contributed by atoms with Crippen molar-refractivity contribution in [2.45, 2.75) is 6.92 Å². The van der Waals surface area contributed by atoms with Gasteiger partial charge < -0.3 is 14.5 Å². The van der Waals surface area contributed by atoms with E-state index in [4.69, 9.17) is 21.4 Å². The molecule has 0 bridgehead atoms. The molecule has 0 radical (unpaired) electrons. The third-order valence-electron chi connectivity index (χ3n) is 1.96. The fourth-order valence-corrected chi connectivity index (χ4v) is 1.25. The summed E-state index contributed by atoms with van der Waals surface area (Å²) in [5, 5.41) is 3.43. The summed E-state index contributed by atoms with van der Waals surface area (Å²) in [4.78, 5) is 0. The number of furan rings is 1. The van der Waals surface area contributed by atoms with Crippen LogP contribution in [0.4, 0.5) is 0 Å². The Morgan fingerprint density at radius 3 is 2.82 bits per heavy atom. The highest BCUT2D eigenvalue weighted by molar-refractivity contribution is 7.80. The molecule has 1 aromatic heterocycles. The molecule has 1 rings (SSSR count). The summed E-state index contributed by atoms with van der Waals surface area (Å²) in [6.45, 7) is 6.95. The SMILES string of the molecule is C=C(NNC(=S)NCCOC)c1ccc(C)o1. The van der Waals surface area contributed by atoms with Crippen molar-refractivity contribution in [3.63, 3.8) is 0 Å². The summed E-state index contributed by atoms with van der Waals surface area (Å²) in [5.41, 5.74) is 6.28. The monoisotopic (exact) mass is 255 g/mol. The second-order valence-corrected chi connectivity index (χ2v) is 3.80. The van der Waals surface area contributed by atoms with Crippen molar-refractivity contribution in [2.24, 2.45) is 0 Å². The summed E-state index contributed by atoms with van der Waals surface area (Å²) in [7, 11) is 1.64. The highest BCUT2D eigenvalue weighted by Gasteiger charge is 2.03. The Labute approximate surface area is 106 Å². The van der Waals surface area contributed by atoms with Gasteiger partial charge in [-0.1, -0.05) is 6.58 Å². The minimum atomic E-state index is 0.478. The lowest BCUT2D eigenvalue weighted by Crippen LogP contribution is -2.43. The second kappa shape index (κ2) is 6.93. The van der Waals surface area contributed by atoms with Crippen LogP contribution in [0.25, 0.3) is 5.70 Å². The van der Waals surface area contributed by atoms with E-state index in [1.165, 1.54) is 0 Å². The van der Waals surface area contributed by atoms with Crippen molar-refractivity contribution in [3.05, 3.63) is 30.2 Å². The molecule has 1 aromatic rings. The molecule has 0 amide bonds. The standard InChI is InChI=1S/C11H17N3O2S/c1-8-4-5-10(16-8)9(2)13-14-11(17)12-6-7-15-3/h4-5,13H,2,6-7H2,1,3H3,(H2,12,14,17). The Kier molecular flexibility index (Phi) is 5.51. The fraction of sp³-hybridized carbons (Fsp3) is 0.364. The number of methoxy groups -OCH3 is 1. The van der Waals surface area contributed by atoms with Crippen LogP contribution in [-0.4, -0.2) is 25.4 Å². The third-order valence-corrected chi connectivity index (χ3v) is 2.20. The number of hydrogen-bond acceptors (Lipinski definition) is 4. The van der Waals surface area contributed by atoms with Crippen LogP contribution >= 0.6 is 12.2 Å². The number of ether oxygens (including phenoxy) is 1. The van der Waals surface area contributed by atoms with Crippen molar-refractivity contribution in [1.82, 2.24) is 16.2 Å². The van der Waals surface area contributed by atoms with Gasteiger partial charge in [0, 0.05) is 13.7 Å². The van der Waals surface area contributed by atoms with Crippen LogP contribution in [-0.2, 0) is 4.74 Å². The Bertz CT molecular complexity index is 390. The molecule has 3 N–H and O–H groups in total.